The Balaban J connectivity index is 4.62. The molecule has 98 valence electrons. The highest BCUT2D eigenvalue weighted by Crippen LogP contribution is 2.17. The number of nitrogens with zero attached hydrogens (tertiary/aromatic N) is 1. The number of aliphatic carboxylic acids is 1. The molecule has 0 spiro atoms. The molecule has 0 heterocycles. The van der Waals surface area contributed by atoms with Crippen molar-refractivity contribution in [1.82, 2.24) is 10.2 Å². The summed E-state index contributed by atoms with van der Waals surface area (Å²) in [7, 11) is 3.00. The average Bonchev–Trinajstić information content (AvgIpc) is 2.14. The standard InChI is InChI=1S/C11H20N2O4/c1-11(2,3)8(14)6-7(9(15)16)12-10(17)13(4)5/h7H,6H2,1-5H3,(H,12,17)(H,15,16). The molecule has 2 amide bonds. The predicted molar refractivity (Wildman–Crippen MR) is 62.7 cm³/mol. The molecule has 6 nitrogen and oxygen atoms in total. The van der Waals surface area contributed by atoms with E-state index in [1.165, 1.54) is 19.0 Å². The molecule has 0 aliphatic rings. The zero-order valence-electron chi connectivity index (χ0n) is 10.9. The van der Waals surface area contributed by atoms with Gasteiger partial charge < -0.3 is 15.3 Å². The summed E-state index contributed by atoms with van der Waals surface area (Å²) in [6, 6.07) is -1.71. The van der Waals surface area contributed by atoms with Gasteiger partial charge in [-0.2, -0.15) is 0 Å². The van der Waals surface area contributed by atoms with Crippen LogP contribution in [-0.4, -0.2) is 47.9 Å². The fourth-order valence-electron chi connectivity index (χ4n) is 0.970. The summed E-state index contributed by atoms with van der Waals surface area (Å²) in [5.41, 5.74) is -0.615. The zero-order valence-corrected chi connectivity index (χ0v) is 10.9. The van der Waals surface area contributed by atoms with Gasteiger partial charge in [-0.1, -0.05) is 20.8 Å². The summed E-state index contributed by atoms with van der Waals surface area (Å²) in [6.45, 7) is 5.13. The average molecular weight is 244 g/mol. The van der Waals surface area contributed by atoms with E-state index in [4.69, 9.17) is 5.11 Å². The van der Waals surface area contributed by atoms with Gasteiger partial charge in [0.15, 0.2) is 0 Å². The number of rotatable bonds is 4. The summed E-state index contributed by atoms with van der Waals surface area (Å²) >= 11 is 0. The van der Waals surface area contributed by atoms with E-state index in [9.17, 15) is 14.4 Å². The third kappa shape index (κ3) is 5.33. The van der Waals surface area contributed by atoms with Crippen molar-refractivity contribution < 1.29 is 19.5 Å². The Labute approximate surface area is 101 Å². The fraction of sp³-hybridized carbons (Fsp3) is 0.727. The molecule has 6 heteroatoms. The number of carboxylic acids is 1. The topological polar surface area (TPSA) is 86.7 Å². The number of carboxylic acid groups (broad SMARTS) is 1. The Morgan fingerprint density at radius 1 is 1.24 bits per heavy atom. The van der Waals surface area contributed by atoms with Crippen LogP contribution in [0.3, 0.4) is 0 Å². The third-order valence-corrected chi connectivity index (χ3v) is 2.23. The lowest BCUT2D eigenvalue weighted by molar-refractivity contribution is -0.142. The summed E-state index contributed by atoms with van der Waals surface area (Å²) in [4.78, 5) is 35.2. The van der Waals surface area contributed by atoms with Crippen LogP contribution in [0.4, 0.5) is 4.79 Å². The van der Waals surface area contributed by atoms with E-state index < -0.39 is 23.5 Å². The van der Waals surface area contributed by atoms with Crippen molar-refractivity contribution in [1.29, 1.82) is 0 Å². The van der Waals surface area contributed by atoms with Crippen LogP contribution in [0.2, 0.25) is 0 Å². The minimum Gasteiger partial charge on any atom is -0.480 e. The van der Waals surface area contributed by atoms with Crippen molar-refractivity contribution >= 4 is 17.8 Å². The number of urea groups is 1. The highest BCUT2D eigenvalue weighted by Gasteiger charge is 2.29. The maximum Gasteiger partial charge on any atom is 0.326 e. The van der Waals surface area contributed by atoms with Crippen molar-refractivity contribution in [2.45, 2.75) is 33.2 Å². The predicted octanol–water partition coefficient (Wildman–Crippen LogP) is 0.716. The fourth-order valence-corrected chi connectivity index (χ4v) is 0.970. The van der Waals surface area contributed by atoms with E-state index in [2.05, 4.69) is 5.32 Å². The van der Waals surface area contributed by atoms with Crippen LogP contribution in [0.25, 0.3) is 0 Å². The molecule has 0 aromatic heterocycles. The van der Waals surface area contributed by atoms with Gasteiger partial charge in [0.2, 0.25) is 0 Å². The normalized spacial score (nSPS) is 12.8. The van der Waals surface area contributed by atoms with Gasteiger partial charge in [-0.3, -0.25) is 4.79 Å². The molecule has 0 aliphatic carbocycles. The molecular weight excluding hydrogens is 224 g/mol. The summed E-state index contributed by atoms with van der Waals surface area (Å²) < 4.78 is 0. The zero-order chi connectivity index (χ0) is 13.8. The van der Waals surface area contributed by atoms with E-state index in [1.54, 1.807) is 20.8 Å². The van der Waals surface area contributed by atoms with E-state index in [1.807, 2.05) is 0 Å². The number of hydrogen-bond acceptors (Lipinski definition) is 3. The lowest BCUT2D eigenvalue weighted by Crippen LogP contribution is -2.47. The Hall–Kier alpha value is -1.59. The minimum absolute atomic E-state index is 0.205. The van der Waals surface area contributed by atoms with Gasteiger partial charge in [-0.05, 0) is 0 Å². The van der Waals surface area contributed by atoms with E-state index in [0.29, 0.717) is 0 Å². The molecule has 0 aromatic rings. The summed E-state index contributed by atoms with van der Waals surface area (Å²) in [5, 5.41) is 11.2. The third-order valence-electron chi connectivity index (χ3n) is 2.23. The van der Waals surface area contributed by atoms with Crippen LogP contribution >= 0.6 is 0 Å². The number of amides is 2. The van der Waals surface area contributed by atoms with Crippen molar-refractivity contribution in [2.75, 3.05) is 14.1 Å². The SMILES string of the molecule is CN(C)C(=O)NC(CC(=O)C(C)(C)C)C(=O)O. The van der Waals surface area contributed by atoms with E-state index in [-0.39, 0.29) is 12.2 Å². The quantitative estimate of drug-likeness (QED) is 0.762. The van der Waals surface area contributed by atoms with Crippen LogP contribution in [-0.2, 0) is 9.59 Å². The molecule has 0 bridgehead atoms. The largest absolute Gasteiger partial charge is 0.480 e. The first-order chi connectivity index (χ1) is 7.55. The first-order valence-electron chi connectivity index (χ1n) is 5.29. The van der Waals surface area contributed by atoms with Crippen LogP contribution in [0.15, 0.2) is 0 Å². The Bertz CT molecular complexity index is 318. The van der Waals surface area contributed by atoms with Gasteiger partial charge in [-0.15, -0.1) is 0 Å². The van der Waals surface area contributed by atoms with Gasteiger partial charge in [0, 0.05) is 25.9 Å². The molecule has 0 radical (unpaired) electrons. The van der Waals surface area contributed by atoms with E-state index >= 15 is 0 Å². The Morgan fingerprint density at radius 3 is 2.00 bits per heavy atom. The first kappa shape index (κ1) is 15.4. The highest BCUT2D eigenvalue weighted by molar-refractivity contribution is 5.91. The second kappa shape index (κ2) is 5.65. The summed E-state index contributed by atoms with van der Waals surface area (Å²) in [5.74, 6) is -1.42. The maximum absolute atomic E-state index is 11.7. The van der Waals surface area contributed by atoms with Gasteiger partial charge in [0.05, 0.1) is 0 Å². The van der Waals surface area contributed by atoms with Gasteiger partial charge in [-0.25, -0.2) is 9.59 Å². The van der Waals surface area contributed by atoms with Crippen molar-refractivity contribution in [3.05, 3.63) is 0 Å². The second-order valence-corrected chi connectivity index (χ2v) is 5.11. The molecule has 0 rings (SSSR count). The Kier molecular flexibility index (Phi) is 5.12. The molecule has 0 fully saturated rings. The number of carbonyl (C=O) groups is 3. The highest BCUT2D eigenvalue weighted by atomic mass is 16.4. The number of hydrogen-bond donors (Lipinski definition) is 2. The molecular formula is C11H20N2O4. The van der Waals surface area contributed by atoms with Crippen LogP contribution < -0.4 is 5.32 Å². The van der Waals surface area contributed by atoms with Gasteiger partial charge in [0.25, 0.3) is 0 Å². The minimum atomic E-state index is -1.21. The molecule has 0 saturated heterocycles. The number of ketones is 1. The molecule has 1 unspecified atom stereocenters. The van der Waals surface area contributed by atoms with Crippen molar-refractivity contribution in [3.8, 4) is 0 Å². The Morgan fingerprint density at radius 2 is 1.71 bits per heavy atom. The van der Waals surface area contributed by atoms with Crippen molar-refractivity contribution in [3.63, 3.8) is 0 Å². The molecule has 1 atom stereocenters. The van der Waals surface area contributed by atoms with Crippen LogP contribution in [0, 0.1) is 5.41 Å². The van der Waals surface area contributed by atoms with Crippen molar-refractivity contribution in [2.24, 2.45) is 5.41 Å². The maximum atomic E-state index is 11.7. The molecule has 0 saturated carbocycles. The number of Topliss-reactive ketones (excluding diaryl/α,β-unsaturated/α-hetero) is 1. The van der Waals surface area contributed by atoms with Gasteiger partial charge in [0.1, 0.15) is 11.8 Å². The number of carbonyl (C=O) groups excluding carboxylic acids is 2. The first-order valence-corrected chi connectivity index (χ1v) is 5.29. The molecule has 0 aromatic carbocycles. The smallest absolute Gasteiger partial charge is 0.326 e. The lowest BCUT2D eigenvalue weighted by atomic mass is 9.87. The monoisotopic (exact) mass is 244 g/mol. The van der Waals surface area contributed by atoms with Gasteiger partial charge >= 0.3 is 12.0 Å². The molecule has 0 aliphatic heterocycles. The summed E-state index contributed by atoms with van der Waals surface area (Å²) in [6.07, 6.45) is -0.210. The van der Waals surface area contributed by atoms with Crippen LogP contribution in [0.5, 0.6) is 0 Å². The lowest BCUT2D eigenvalue weighted by Gasteiger charge is -2.21. The van der Waals surface area contributed by atoms with Crippen LogP contribution in [0.1, 0.15) is 27.2 Å². The molecule has 2 N–H and O–H groups in total. The second-order valence-electron chi connectivity index (χ2n) is 5.11. The van der Waals surface area contributed by atoms with E-state index in [0.717, 1.165) is 0 Å². The number of nitrogens with one attached hydrogen (secondary N) is 1. The molecule has 17 heavy (non-hydrogen) atoms.